The average molecular weight is 1050 g/mol. The van der Waals surface area contributed by atoms with Crippen LogP contribution in [0.15, 0.2) is 22.7 Å². The summed E-state index contributed by atoms with van der Waals surface area (Å²) < 4.78 is 112. The molecule has 1 fully saturated rings. The first-order valence-corrected chi connectivity index (χ1v) is 25.0. The number of esters is 1. The molecule has 3 heterocycles. The number of carbonyl (C=O) groups is 3. The molecule has 406 valence electrons. The topological polar surface area (TPSA) is 207 Å². The highest BCUT2D eigenvalue weighted by Crippen LogP contribution is 2.37. The van der Waals surface area contributed by atoms with Gasteiger partial charge in [0.15, 0.2) is 11.6 Å². The number of thiophene rings is 1. The smallest absolute Gasteiger partial charge is 0.313 e. The number of carbonyl (C=O) groups excluding carboxylic acids is 3. The van der Waals surface area contributed by atoms with E-state index in [9.17, 15) is 31.9 Å². The summed E-state index contributed by atoms with van der Waals surface area (Å²) in [4.78, 5) is 51.6. The first-order valence-electron chi connectivity index (χ1n) is 24.2. The largest absolute Gasteiger partial charge is 0.420 e. The van der Waals surface area contributed by atoms with Crippen molar-refractivity contribution in [1.82, 2.24) is 9.96 Å². The Labute approximate surface area is 422 Å². The van der Waals surface area contributed by atoms with Crippen LogP contribution < -0.4 is 10.5 Å². The van der Waals surface area contributed by atoms with Crippen molar-refractivity contribution in [2.75, 3.05) is 158 Å². The summed E-state index contributed by atoms with van der Waals surface area (Å²) in [5, 5.41) is 1.40. The molecule has 19 nitrogen and oxygen atoms in total. The minimum Gasteiger partial charge on any atom is -0.420 e. The van der Waals surface area contributed by atoms with Crippen molar-refractivity contribution in [3.8, 4) is 5.75 Å². The molecule has 0 saturated carbocycles. The van der Waals surface area contributed by atoms with Gasteiger partial charge >= 0.3 is 5.97 Å². The maximum atomic E-state index is 13.6. The van der Waals surface area contributed by atoms with E-state index in [1.54, 1.807) is 11.3 Å². The summed E-state index contributed by atoms with van der Waals surface area (Å²) in [6.45, 7) is 13.0. The second-order valence-corrected chi connectivity index (χ2v) is 17.2. The van der Waals surface area contributed by atoms with Crippen LogP contribution in [0.5, 0.6) is 5.75 Å². The molecule has 4 rings (SSSR count). The van der Waals surface area contributed by atoms with E-state index in [1.807, 2.05) is 30.9 Å². The highest BCUT2D eigenvalue weighted by Gasteiger charge is 2.31. The summed E-state index contributed by atoms with van der Waals surface area (Å²) >= 11 is 1.61. The molecule has 0 radical (unpaired) electrons. The Morgan fingerprint density at radius 1 is 0.667 bits per heavy atom. The molecule has 0 spiro atoms. The molecule has 1 aromatic carbocycles. The van der Waals surface area contributed by atoms with Gasteiger partial charge in [0.2, 0.25) is 23.3 Å². The maximum absolute atomic E-state index is 13.6. The minimum absolute atomic E-state index is 0.0155. The Hall–Kier alpha value is -4.18. The summed E-state index contributed by atoms with van der Waals surface area (Å²) in [7, 11) is 0. The van der Waals surface area contributed by atoms with Gasteiger partial charge in [0.1, 0.15) is 5.84 Å². The Morgan fingerprint density at radius 3 is 1.56 bits per heavy atom. The number of hydrogen-bond donors (Lipinski definition) is 1. The van der Waals surface area contributed by atoms with Crippen LogP contribution in [0.4, 0.5) is 23.2 Å². The van der Waals surface area contributed by atoms with Crippen molar-refractivity contribution in [1.29, 1.82) is 0 Å². The van der Waals surface area contributed by atoms with Crippen molar-refractivity contribution >= 4 is 46.7 Å². The lowest BCUT2D eigenvalue weighted by molar-refractivity contribution is -0.180. The molecule has 0 atom stereocenters. The van der Waals surface area contributed by atoms with E-state index in [1.165, 1.54) is 5.06 Å². The Morgan fingerprint density at radius 2 is 1.11 bits per heavy atom. The van der Waals surface area contributed by atoms with Gasteiger partial charge in [-0.15, -0.1) is 11.3 Å². The summed E-state index contributed by atoms with van der Waals surface area (Å²) in [6, 6.07) is 2.05. The molecule has 2 aromatic rings. The van der Waals surface area contributed by atoms with Crippen molar-refractivity contribution < 1.29 is 88.9 Å². The van der Waals surface area contributed by atoms with Crippen LogP contribution in [0.25, 0.3) is 6.08 Å². The van der Waals surface area contributed by atoms with Crippen molar-refractivity contribution in [3.05, 3.63) is 50.7 Å². The Bertz CT molecular complexity index is 1940. The molecule has 72 heavy (non-hydrogen) atoms. The van der Waals surface area contributed by atoms with Crippen LogP contribution in [-0.4, -0.2) is 192 Å². The third kappa shape index (κ3) is 23.4. The zero-order chi connectivity index (χ0) is 51.8. The van der Waals surface area contributed by atoms with Gasteiger partial charge in [-0.1, -0.05) is 6.92 Å². The van der Waals surface area contributed by atoms with E-state index in [-0.39, 0.29) is 50.7 Å². The van der Waals surface area contributed by atoms with Crippen LogP contribution >= 0.6 is 11.3 Å². The quantitative estimate of drug-likeness (QED) is 0.0237. The van der Waals surface area contributed by atoms with Gasteiger partial charge in [0.25, 0.3) is 5.91 Å². The lowest BCUT2D eigenvalue weighted by Gasteiger charge is -2.39. The maximum Gasteiger partial charge on any atom is 0.313 e. The standard InChI is InChI=1S/C48H70F4N4O15S/c1-3-7-56(70-4-2)48(59)36-29-41-40(54-42(53)30-36)31-37(72-41)28-35-33-55(34-35)43(57)5-8-60-10-12-62-14-16-64-18-20-66-22-24-68-26-27-69-25-23-67-21-19-65-17-15-63-13-11-61-9-6-44(58)71-47-45(51)38(49)32-39(50)46(47)52/h29,31-32,35H,3-28,30,33-34H2,1-2H3,(H2,53,54). The number of hydrogen-bond acceptors (Lipinski definition) is 18. The monoisotopic (exact) mass is 1050 g/mol. The second kappa shape index (κ2) is 35.9. The number of nitrogens with two attached hydrogens (primary N) is 1. The number of benzene rings is 1. The number of hydroxylamine groups is 2. The number of amidine groups is 1. The molecule has 0 aliphatic carbocycles. The van der Waals surface area contributed by atoms with Gasteiger partial charge in [-0.2, -0.15) is 8.78 Å². The van der Waals surface area contributed by atoms with Crippen LogP contribution in [0.1, 0.15) is 49.3 Å². The number of likely N-dealkylation sites (tertiary alicyclic amines) is 1. The molecule has 2 N–H and O–H groups in total. The van der Waals surface area contributed by atoms with Gasteiger partial charge in [-0.25, -0.2) is 18.8 Å². The molecular formula is C48H70F4N4O15S. The molecule has 2 amide bonds. The van der Waals surface area contributed by atoms with E-state index in [0.717, 1.165) is 28.3 Å². The van der Waals surface area contributed by atoms with E-state index in [2.05, 4.69) is 9.73 Å². The predicted molar refractivity (Wildman–Crippen MR) is 255 cm³/mol. The molecule has 24 heteroatoms. The third-order valence-electron chi connectivity index (χ3n) is 10.3. The zero-order valence-corrected chi connectivity index (χ0v) is 42.1. The van der Waals surface area contributed by atoms with Crippen molar-refractivity contribution in [3.63, 3.8) is 0 Å². The fraction of sp³-hybridized carbons (Fsp3) is 0.667. The van der Waals surface area contributed by atoms with E-state index < -0.39 is 41.4 Å². The lowest BCUT2D eigenvalue weighted by atomic mass is 9.95. The van der Waals surface area contributed by atoms with Crippen LogP contribution in [0.3, 0.4) is 0 Å². The van der Waals surface area contributed by atoms with Crippen LogP contribution in [0, 0.1) is 29.2 Å². The zero-order valence-electron chi connectivity index (χ0n) is 41.3. The van der Waals surface area contributed by atoms with Gasteiger partial charge in [0, 0.05) is 42.6 Å². The number of nitrogens with zero attached hydrogens (tertiary/aromatic N) is 3. The van der Waals surface area contributed by atoms with Gasteiger partial charge in [0.05, 0.1) is 162 Å². The van der Waals surface area contributed by atoms with E-state index in [4.69, 9.17) is 57.9 Å². The predicted octanol–water partition coefficient (Wildman–Crippen LogP) is 4.82. The number of aliphatic imine (C=N–C) groups is 1. The fourth-order valence-corrected chi connectivity index (χ4v) is 7.95. The van der Waals surface area contributed by atoms with Crippen LogP contribution in [-0.2, 0) is 73.0 Å². The SMILES string of the molecule is CCCN(OCC)C(=O)C1=Cc2sc(CC3CN(C(=O)CCOCCOCCOCCOCCOCCOCCOCCOCCOCCOCCC(=O)Oc4c(F)c(F)cc(F)c4F)C3)cc2N=C(N)C1. The molecule has 0 bridgehead atoms. The average Bonchev–Trinajstić information content (AvgIpc) is 3.64. The second-order valence-electron chi connectivity index (χ2n) is 16.0. The minimum atomic E-state index is -1.80. The highest BCUT2D eigenvalue weighted by molar-refractivity contribution is 7.13. The summed E-state index contributed by atoms with van der Waals surface area (Å²) in [5.41, 5.74) is 7.52. The number of rotatable bonds is 41. The number of fused-ring (bicyclic) bond motifs is 1. The molecule has 1 aromatic heterocycles. The Balaban J connectivity index is 0.828. The van der Waals surface area contributed by atoms with Crippen molar-refractivity contribution in [2.24, 2.45) is 16.6 Å². The summed E-state index contributed by atoms with van der Waals surface area (Å²) in [6.07, 6.45) is 3.66. The van der Waals surface area contributed by atoms with Gasteiger partial charge in [-0.3, -0.25) is 19.2 Å². The van der Waals surface area contributed by atoms with E-state index in [0.29, 0.717) is 156 Å². The Kier molecular flexibility index (Phi) is 30.1. The molecule has 2 aliphatic rings. The molecule has 2 aliphatic heterocycles. The molecule has 0 unspecified atom stereocenters. The van der Waals surface area contributed by atoms with Gasteiger partial charge < -0.3 is 62.7 Å². The third-order valence-corrected chi connectivity index (χ3v) is 11.4. The van der Waals surface area contributed by atoms with Crippen molar-refractivity contribution in [2.45, 2.75) is 46.0 Å². The normalized spacial score (nSPS) is 13.7. The first-order chi connectivity index (χ1) is 35.0. The first kappa shape index (κ1) is 60.4. The van der Waals surface area contributed by atoms with E-state index >= 15 is 0 Å². The van der Waals surface area contributed by atoms with Gasteiger partial charge in [-0.05, 0) is 37.8 Å². The highest BCUT2D eigenvalue weighted by atomic mass is 32.1. The van der Waals surface area contributed by atoms with Crippen LogP contribution in [0.2, 0.25) is 0 Å². The fourth-order valence-electron chi connectivity index (χ4n) is 6.77. The molecule has 1 saturated heterocycles. The number of amides is 2. The summed E-state index contributed by atoms with van der Waals surface area (Å²) in [5.74, 6) is -8.89. The number of halogens is 4. The lowest BCUT2D eigenvalue weighted by Crippen LogP contribution is -2.50. The molecular weight excluding hydrogens is 981 g/mol. The number of ether oxygens (including phenoxy) is 11.